The summed E-state index contributed by atoms with van der Waals surface area (Å²) in [5, 5.41) is 9.13. The van der Waals surface area contributed by atoms with Gasteiger partial charge in [-0.3, -0.25) is 9.78 Å². The molecule has 2 aliphatic heterocycles. The molecule has 0 aromatic carbocycles. The third kappa shape index (κ3) is 3.77. The molecule has 2 saturated heterocycles. The summed E-state index contributed by atoms with van der Waals surface area (Å²) in [7, 11) is 0. The summed E-state index contributed by atoms with van der Waals surface area (Å²) in [6, 6.07) is 11.7. The Labute approximate surface area is 159 Å². The zero-order valence-corrected chi connectivity index (χ0v) is 15.3. The SMILES string of the molecule is N#Cc1cccc(N2CCC[C@]3(CCC(=O)N(Cc4cccnc4)C3)C2)n1. The Morgan fingerprint density at radius 2 is 2.11 bits per heavy atom. The van der Waals surface area contributed by atoms with Crippen molar-refractivity contribution in [3.05, 3.63) is 54.0 Å². The van der Waals surface area contributed by atoms with Gasteiger partial charge in [0.1, 0.15) is 17.6 Å². The van der Waals surface area contributed by atoms with Crippen LogP contribution in [0.1, 0.15) is 36.9 Å². The molecule has 1 amide bonds. The maximum Gasteiger partial charge on any atom is 0.222 e. The van der Waals surface area contributed by atoms with Crippen molar-refractivity contribution in [1.82, 2.24) is 14.9 Å². The fraction of sp³-hybridized carbons (Fsp3) is 0.429. The maximum atomic E-state index is 12.5. The number of piperidine rings is 2. The predicted molar refractivity (Wildman–Crippen MR) is 102 cm³/mol. The molecule has 6 heteroatoms. The molecule has 0 unspecified atom stereocenters. The third-order valence-electron chi connectivity index (χ3n) is 5.68. The van der Waals surface area contributed by atoms with Crippen molar-refractivity contribution < 1.29 is 4.79 Å². The highest BCUT2D eigenvalue weighted by Crippen LogP contribution is 2.40. The molecule has 2 aromatic heterocycles. The fourth-order valence-electron chi connectivity index (χ4n) is 4.36. The molecule has 4 rings (SSSR count). The molecule has 1 atom stereocenters. The van der Waals surface area contributed by atoms with Crippen LogP contribution in [-0.4, -0.2) is 40.4 Å². The second-order valence-electron chi connectivity index (χ2n) is 7.63. The maximum absolute atomic E-state index is 12.5. The molecule has 1 spiro atoms. The predicted octanol–water partition coefficient (Wildman–Crippen LogP) is 2.76. The molecule has 0 saturated carbocycles. The average Bonchev–Trinajstić information content (AvgIpc) is 2.72. The van der Waals surface area contributed by atoms with Gasteiger partial charge < -0.3 is 9.80 Å². The van der Waals surface area contributed by atoms with E-state index in [-0.39, 0.29) is 11.3 Å². The average molecular weight is 361 g/mol. The number of rotatable bonds is 3. The van der Waals surface area contributed by atoms with Gasteiger partial charge in [-0.15, -0.1) is 0 Å². The molecule has 0 bridgehead atoms. The van der Waals surface area contributed by atoms with Crippen molar-refractivity contribution >= 4 is 11.7 Å². The number of anilines is 1. The fourth-order valence-corrected chi connectivity index (χ4v) is 4.36. The first-order valence-electron chi connectivity index (χ1n) is 9.46. The van der Waals surface area contributed by atoms with Gasteiger partial charge in [-0.1, -0.05) is 12.1 Å². The van der Waals surface area contributed by atoms with Gasteiger partial charge in [-0.25, -0.2) is 4.98 Å². The lowest BCUT2D eigenvalue weighted by molar-refractivity contribution is -0.138. The van der Waals surface area contributed by atoms with E-state index in [1.54, 1.807) is 12.3 Å². The van der Waals surface area contributed by atoms with Gasteiger partial charge in [0, 0.05) is 50.4 Å². The van der Waals surface area contributed by atoms with Crippen LogP contribution in [0.25, 0.3) is 0 Å². The molecular formula is C21H23N5O. The molecular weight excluding hydrogens is 338 g/mol. The summed E-state index contributed by atoms with van der Waals surface area (Å²) in [4.78, 5) is 25.4. The van der Waals surface area contributed by atoms with Crippen molar-refractivity contribution in [3.8, 4) is 6.07 Å². The van der Waals surface area contributed by atoms with E-state index in [0.29, 0.717) is 18.7 Å². The lowest BCUT2D eigenvalue weighted by atomic mass is 9.73. The number of pyridine rings is 2. The second-order valence-corrected chi connectivity index (χ2v) is 7.63. The zero-order chi connectivity index (χ0) is 18.7. The topological polar surface area (TPSA) is 73.1 Å². The van der Waals surface area contributed by atoms with Crippen LogP contribution >= 0.6 is 0 Å². The number of hydrogen-bond donors (Lipinski definition) is 0. The Kier molecular flexibility index (Phi) is 4.76. The van der Waals surface area contributed by atoms with E-state index in [1.807, 2.05) is 35.4 Å². The molecule has 6 nitrogen and oxygen atoms in total. The van der Waals surface area contributed by atoms with Crippen molar-refractivity contribution in [1.29, 1.82) is 5.26 Å². The number of carbonyl (C=O) groups is 1. The quantitative estimate of drug-likeness (QED) is 0.840. The smallest absolute Gasteiger partial charge is 0.222 e. The van der Waals surface area contributed by atoms with Gasteiger partial charge >= 0.3 is 0 Å². The molecule has 0 aliphatic carbocycles. The van der Waals surface area contributed by atoms with E-state index in [2.05, 4.69) is 20.9 Å². The Morgan fingerprint density at radius 1 is 1.19 bits per heavy atom. The van der Waals surface area contributed by atoms with Gasteiger partial charge in [-0.2, -0.15) is 5.26 Å². The van der Waals surface area contributed by atoms with Crippen molar-refractivity contribution in [2.45, 2.75) is 32.2 Å². The number of amides is 1. The highest BCUT2D eigenvalue weighted by Gasteiger charge is 2.42. The zero-order valence-electron chi connectivity index (χ0n) is 15.3. The second kappa shape index (κ2) is 7.36. The van der Waals surface area contributed by atoms with Crippen LogP contribution in [-0.2, 0) is 11.3 Å². The van der Waals surface area contributed by atoms with E-state index in [9.17, 15) is 4.79 Å². The van der Waals surface area contributed by atoms with Crippen molar-refractivity contribution in [2.75, 3.05) is 24.5 Å². The number of hydrogen-bond acceptors (Lipinski definition) is 5. The molecule has 2 aromatic rings. The lowest BCUT2D eigenvalue weighted by Gasteiger charge is -2.48. The van der Waals surface area contributed by atoms with Crippen LogP contribution in [0.15, 0.2) is 42.7 Å². The summed E-state index contributed by atoms with van der Waals surface area (Å²) in [6.07, 6.45) is 7.30. The van der Waals surface area contributed by atoms with E-state index in [4.69, 9.17) is 5.26 Å². The highest BCUT2D eigenvalue weighted by atomic mass is 16.2. The lowest BCUT2D eigenvalue weighted by Crippen LogP contribution is -2.54. The van der Waals surface area contributed by atoms with Gasteiger partial charge in [0.2, 0.25) is 5.91 Å². The summed E-state index contributed by atoms with van der Waals surface area (Å²) >= 11 is 0. The first kappa shape index (κ1) is 17.5. The summed E-state index contributed by atoms with van der Waals surface area (Å²) in [5.74, 6) is 1.09. The van der Waals surface area contributed by atoms with Crippen molar-refractivity contribution in [2.24, 2.45) is 5.41 Å². The standard InChI is InChI=1S/C21H23N5O/c22-12-18-5-1-6-19(24-18)25-11-3-8-21(15-25)9-7-20(27)26(16-21)14-17-4-2-10-23-13-17/h1-2,4-6,10,13H,3,7-9,11,14-16H2/t21-/m0/s1. The van der Waals surface area contributed by atoms with Gasteiger partial charge in [0.25, 0.3) is 0 Å². The Balaban J connectivity index is 1.51. The Hall–Kier alpha value is -2.94. The molecule has 4 heterocycles. The van der Waals surface area contributed by atoms with E-state index in [1.165, 1.54) is 0 Å². The highest BCUT2D eigenvalue weighted by molar-refractivity contribution is 5.77. The number of aromatic nitrogens is 2. The van der Waals surface area contributed by atoms with Crippen LogP contribution in [0.3, 0.4) is 0 Å². The van der Waals surface area contributed by atoms with Gasteiger partial charge in [-0.05, 0) is 43.0 Å². The Bertz CT molecular complexity index is 862. The monoisotopic (exact) mass is 361 g/mol. The van der Waals surface area contributed by atoms with Crippen LogP contribution in [0.2, 0.25) is 0 Å². The van der Waals surface area contributed by atoms with Crippen molar-refractivity contribution in [3.63, 3.8) is 0 Å². The van der Waals surface area contributed by atoms with E-state index in [0.717, 1.165) is 50.3 Å². The molecule has 2 aliphatic rings. The molecule has 2 fully saturated rings. The molecule has 27 heavy (non-hydrogen) atoms. The third-order valence-corrected chi connectivity index (χ3v) is 5.68. The number of nitrogens with zero attached hydrogens (tertiary/aromatic N) is 5. The summed E-state index contributed by atoms with van der Waals surface area (Å²) < 4.78 is 0. The van der Waals surface area contributed by atoms with E-state index < -0.39 is 0 Å². The van der Waals surface area contributed by atoms with E-state index >= 15 is 0 Å². The Morgan fingerprint density at radius 3 is 2.93 bits per heavy atom. The van der Waals surface area contributed by atoms with Crippen LogP contribution in [0, 0.1) is 16.7 Å². The largest absolute Gasteiger partial charge is 0.356 e. The number of nitriles is 1. The van der Waals surface area contributed by atoms with Crippen LogP contribution in [0.4, 0.5) is 5.82 Å². The van der Waals surface area contributed by atoms with Gasteiger partial charge in [0.15, 0.2) is 0 Å². The normalized spacial score (nSPS) is 22.7. The minimum absolute atomic E-state index is 0.0959. The summed E-state index contributed by atoms with van der Waals surface area (Å²) in [6.45, 7) is 3.22. The first-order chi connectivity index (χ1) is 13.2. The number of carbonyl (C=O) groups excluding carboxylic acids is 1. The minimum atomic E-state index is 0.0959. The van der Waals surface area contributed by atoms with Gasteiger partial charge in [0.05, 0.1) is 0 Å². The minimum Gasteiger partial charge on any atom is -0.356 e. The van der Waals surface area contributed by atoms with Crippen LogP contribution in [0.5, 0.6) is 0 Å². The first-order valence-corrected chi connectivity index (χ1v) is 9.46. The van der Waals surface area contributed by atoms with Crippen LogP contribution < -0.4 is 4.90 Å². The molecule has 138 valence electrons. The molecule has 0 N–H and O–H groups in total. The number of likely N-dealkylation sites (tertiary alicyclic amines) is 1. The molecule has 0 radical (unpaired) electrons. The summed E-state index contributed by atoms with van der Waals surface area (Å²) in [5.41, 5.74) is 1.61.